The van der Waals surface area contributed by atoms with E-state index in [2.05, 4.69) is 18.5 Å². The number of rotatable bonds is 7. The van der Waals surface area contributed by atoms with Gasteiger partial charge in [-0.15, -0.1) is 0 Å². The monoisotopic (exact) mass is 259 g/mol. The van der Waals surface area contributed by atoms with Crippen molar-refractivity contribution >= 4 is 0 Å². The first-order chi connectivity index (χ1) is 9.10. The number of aryl methyl sites for hydroxylation is 1. The molecule has 0 aromatic heterocycles. The second-order valence-electron chi connectivity index (χ2n) is 5.48. The summed E-state index contributed by atoms with van der Waals surface area (Å²) in [6.45, 7) is 10.1. The number of hydrogen-bond acceptors (Lipinski definition) is 1. The molecular weight excluding hydrogens is 237 g/mol. The minimum Gasteiger partial charge on any atom is -0.306 e. The first-order valence-corrected chi connectivity index (χ1v) is 6.89. The molecule has 0 saturated heterocycles. The molecule has 19 heavy (non-hydrogen) atoms. The molecule has 1 aliphatic carbocycles. The zero-order chi connectivity index (χ0) is 13.8. The van der Waals surface area contributed by atoms with E-state index in [9.17, 15) is 4.39 Å². The summed E-state index contributed by atoms with van der Waals surface area (Å²) in [5, 5.41) is 3.47. The molecule has 1 N–H and O–H groups in total. The summed E-state index contributed by atoms with van der Waals surface area (Å²) in [6, 6.07) is 5.75. The van der Waals surface area contributed by atoms with Crippen LogP contribution in [0.2, 0.25) is 0 Å². The highest BCUT2D eigenvalue weighted by Crippen LogP contribution is 2.37. The van der Waals surface area contributed by atoms with E-state index < -0.39 is 0 Å². The number of benzene rings is 1. The number of halogens is 1. The molecule has 102 valence electrons. The van der Waals surface area contributed by atoms with Crippen molar-refractivity contribution in [3.63, 3.8) is 0 Å². The maximum absolute atomic E-state index is 13.7. The van der Waals surface area contributed by atoms with E-state index in [4.69, 9.17) is 0 Å². The Morgan fingerprint density at radius 1 is 1.53 bits per heavy atom. The standard InChI is InChI=1S/C17H22FN/c1-4-12(2)11-19-17(9-14-6-7-14)15-8-5-13(3)16(18)10-15/h4-5,8,10,14,17,19H,1-2,6-7,9,11H2,3H3/t17-/m0/s1. The van der Waals surface area contributed by atoms with Crippen molar-refractivity contribution in [2.45, 2.75) is 32.2 Å². The Morgan fingerprint density at radius 3 is 2.84 bits per heavy atom. The van der Waals surface area contributed by atoms with Crippen LogP contribution in [0, 0.1) is 18.7 Å². The van der Waals surface area contributed by atoms with Gasteiger partial charge in [-0.1, -0.05) is 44.2 Å². The second-order valence-corrected chi connectivity index (χ2v) is 5.48. The summed E-state index contributed by atoms with van der Waals surface area (Å²) in [6.07, 6.45) is 5.44. The Labute approximate surface area is 115 Å². The van der Waals surface area contributed by atoms with Gasteiger partial charge in [-0.3, -0.25) is 0 Å². The molecule has 1 atom stereocenters. The van der Waals surface area contributed by atoms with E-state index in [1.165, 1.54) is 12.8 Å². The van der Waals surface area contributed by atoms with E-state index in [-0.39, 0.29) is 11.9 Å². The molecule has 1 aliphatic rings. The van der Waals surface area contributed by atoms with Crippen LogP contribution >= 0.6 is 0 Å². The normalized spacial score (nSPS) is 16.1. The zero-order valence-electron chi connectivity index (χ0n) is 11.6. The van der Waals surface area contributed by atoms with Crippen LogP contribution in [0.1, 0.15) is 36.4 Å². The third-order valence-corrected chi connectivity index (χ3v) is 3.73. The summed E-state index contributed by atoms with van der Waals surface area (Å²) in [7, 11) is 0. The van der Waals surface area contributed by atoms with Gasteiger partial charge in [-0.2, -0.15) is 0 Å². The first kappa shape index (κ1) is 14.0. The summed E-state index contributed by atoms with van der Waals surface area (Å²) in [4.78, 5) is 0. The van der Waals surface area contributed by atoms with Crippen LogP contribution in [0.3, 0.4) is 0 Å². The Morgan fingerprint density at radius 2 is 2.26 bits per heavy atom. The predicted molar refractivity (Wildman–Crippen MR) is 78.6 cm³/mol. The van der Waals surface area contributed by atoms with Crippen molar-refractivity contribution < 1.29 is 4.39 Å². The Hall–Kier alpha value is -1.41. The molecule has 1 saturated carbocycles. The average molecular weight is 259 g/mol. The molecular formula is C17H22FN. The van der Waals surface area contributed by atoms with Crippen LogP contribution in [0.5, 0.6) is 0 Å². The topological polar surface area (TPSA) is 12.0 Å². The van der Waals surface area contributed by atoms with Gasteiger partial charge in [0.05, 0.1) is 0 Å². The largest absolute Gasteiger partial charge is 0.306 e. The Balaban J connectivity index is 2.08. The molecule has 1 aromatic carbocycles. The molecule has 2 heteroatoms. The highest BCUT2D eigenvalue weighted by atomic mass is 19.1. The average Bonchev–Trinajstić information content (AvgIpc) is 3.21. The second kappa shape index (κ2) is 6.16. The molecule has 0 spiro atoms. The lowest BCUT2D eigenvalue weighted by atomic mass is 9.99. The van der Waals surface area contributed by atoms with E-state index >= 15 is 0 Å². The molecule has 2 rings (SSSR count). The third kappa shape index (κ3) is 4.03. The van der Waals surface area contributed by atoms with Gasteiger partial charge in [0.25, 0.3) is 0 Å². The molecule has 0 unspecified atom stereocenters. The minimum absolute atomic E-state index is 0.123. The van der Waals surface area contributed by atoms with Crippen LogP contribution in [-0.4, -0.2) is 6.54 Å². The van der Waals surface area contributed by atoms with E-state index in [1.807, 2.05) is 12.1 Å². The third-order valence-electron chi connectivity index (χ3n) is 3.73. The molecule has 1 aromatic rings. The van der Waals surface area contributed by atoms with E-state index in [1.54, 1.807) is 19.1 Å². The highest BCUT2D eigenvalue weighted by molar-refractivity contribution is 5.26. The van der Waals surface area contributed by atoms with Gasteiger partial charge in [0.2, 0.25) is 0 Å². The van der Waals surface area contributed by atoms with Gasteiger partial charge in [-0.05, 0) is 42.0 Å². The van der Waals surface area contributed by atoms with Crippen molar-refractivity contribution in [3.05, 3.63) is 60.0 Å². The van der Waals surface area contributed by atoms with Crippen LogP contribution in [0.25, 0.3) is 0 Å². The van der Waals surface area contributed by atoms with Gasteiger partial charge in [-0.25, -0.2) is 4.39 Å². The molecule has 1 nitrogen and oxygen atoms in total. The number of nitrogens with one attached hydrogen (secondary N) is 1. The van der Waals surface area contributed by atoms with Gasteiger partial charge < -0.3 is 5.32 Å². The Kier molecular flexibility index (Phi) is 4.54. The van der Waals surface area contributed by atoms with Crippen LogP contribution in [0.15, 0.2) is 43.0 Å². The highest BCUT2D eigenvalue weighted by Gasteiger charge is 2.26. The van der Waals surface area contributed by atoms with Crippen LogP contribution < -0.4 is 5.32 Å². The van der Waals surface area contributed by atoms with Crippen molar-refractivity contribution in [3.8, 4) is 0 Å². The molecule has 0 radical (unpaired) electrons. The Bertz CT molecular complexity index is 474. The molecule has 0 aliphatic heterocycles. The predicted octanol–water partition coefficient (Wildman–Crippen LogP) is 4.31. The van der Waals surface area contributed by atoms with Crippen LogP contribution in [-0.2, 0) is 0 Å². The lowest BCUT2D eigenvalue weighted by molar-refractivity contribution is 0.490. The lowest BCUT2D eigenvalue weighted by Gasteiger charge is -2.20. The van der Waals surface area contributed by atoms with Crippen molar-refractivity contribution in [2.24, 2.45) is 5.92 Å². The zero-order valence-corrected chi connectivity index (χ0v) is 11.6. The summed E-state index contributed by atoms with van der Waals surface area (Å²) in [5.41, 5.74) is 2.70. The van der Waals surface area contributed by atoms with E-state index in [0.717, 1.165) is 23.5 Å². The minimum atomic E-state index is -0.123. The molecule has 0 bridgehead atoms. The fourth-order valence-electron chi connectivity index (χ4n) is 2.18. The maximum atomic E-state index is 13.7. The van der Waals surface area contributed by atoms with Crippen molar-refractivity contribution in [2.75, 3.05) is 6.54 Å². The summed E-state index contributed by atoms with van der Waals surface area (Å²) in [5.74, 6) is 0.668. The van der Waals surface area contributed by atoms with E-state index in [0.29, 0.717) is 12.1 Å². The lowest BCUT2D eigenvalue weighted by Crippen LogP contribution is -2.23. The van der Waals surface area contributed by atoms with Gasteiger partial charge in [0, 0.05) is 12.6 Å². The first-order valence-electron chi connectivity index (χ1n) is 6.89. The number of hydrogen-bond donors (Lipinski definition) is 1. The fourth-order valence-corrected chi connectivity index (χ4v) is 2.18. The van der Waals surface area contributed by atoms with Crippen molar-refractivity contribution in [1.29, 1.82) is 0 Å². The molecule has 0 amide bonds. The maximum Gasteiger partial charge on any atom is 0.126 e. The van der Waals surface area contributed by atoms with Gasteiger partial charge in [0.15, 0.2) is 0 Å². The molecule has 0 heterocycles. The quantitative estimate of drug-likeness (QED) is 0.720. The van der Waals surface area contributed by atoms with Gasteiger partial charge in [0.1, 0.15) is 5.82 Å². The van der Waals surface area contributed by atoms with Gasteiger partial charge >= 0.3 is 0 Å². The van der Waals surface area contributed by atoms with Crippen molar-refractivity contribution in [1.82, 2.24) is 5.32 Å². The SMILES string of the molecule is C=CC(=C)CN[C@@H](CC1CC1)c1ccc(C)c(F)c1. The fraction of sp³-hybridized carbons (Fsp3) is 0.412. The smallest absolute Gasteiger partial charge is 0.126 e. The summed E-state index contributed by atoms with van der Waals surface area (Å²) >= 11 is 0. The van der Waals surface area contributed by atoms with Crippen LogP contribution in [0.4, 0.5) is 4.39 Å². The molecule has 1 fully saturated rings. The summed E-state index contributed by atoms with van der Waals surface area (Å²) < 4.78 is 13.7.